The molecule has 2 aromatic rings. The Morgan fingerprint density at radius 3 is 2.96 bits per heavy atom. The van der Waals surface area contributed by atoms with Crippen LogP contribution in [-0.4, -0.2) is 52.4 Å². The van der Waals surface area contributed by atoms with Crippen molar-refractivity contribution in [3.8, 4) is 0 Å². The molecule has 0 spiro atoms. The van der Waals surface area contributed by atoms with Gasteiger partial charge in [-0.2, -0.15) is 0 Å². The Morgan fingerprint density at radius 2 is 2.22 bits per heavy atom. The summed E-state index contributed by atoms with van der Waals surface area (Å²) in [7, 11) is 0. The first-order valence-electron chi connectivity index (χ1n) is 7.23. The number of carbonyl (C=O) groups is 1. The van der Waals surface area contributed by atoms with Crippen LogP contribution >= 0.6 is 34.4 Å². The van der Waals surface area contributed by atoms with Crippen molar-refractivity contribution < 1.29 is 9.53 Å². The number of thiazole rings is 1. The van der Waals surface area contributed by atoms with Crippen LogP contribution in [0.3, 0.4) is 0 Å². The van der Waals surface area contributed by atoms with Crippen molar-refractivity contribution in [2.24, 2.45) is 0 Å². The number of amides is 1. The van der Waals surface area contributed by atoms with E-state index in [1.165, 1.54) is 23.1 Å². The molecule has 10 heteroatoms. The van der Waals surface area contributed by atoms with Crippen molar-refractivity contribution in [1.29, 1.82) is 0 Å². The Kier molecular flexibility index (Phi) is 5.95. The first-order valence-corrected chi connectivity index (χ1v) is 9.75. The molecule has 1 saturated heterocycles. The summed E-state index contributed by atoms with van der Waals surface area (Å²) in [6.07, 6.45) is 1.01. The fourth-order valence-corrected chi connectivity index (χ4v) is 4.90. The maximum absolute atomic E-state index is 11.9. The molecule has 0 bridgehead atoms. The average Bonchev–Trinajstić information content (AvgIpc) is 3.16. The van der Waals surface area contributed by atoms with Crippen molar-refractivity contribution in [1.82, 2.24) is 25.6 Å². The van der Waals surface area contributed by atoms with Gasteiger partial charge >= 0.3 is 0 Å². The van der Waals surface area contributed by atoms with Gasteiger partial charge in [0.05, 0.1) is 13.2 Å². The Labute approximate surface area is 146 Å². The van der Waals surface area contributed by atoms with Crippen molar-refractivity contribution in [2.75, 3.05) is 26.3 Å². The first kappa shape index (κ1) is 16.8. The molecular formula is C13H17N5O2S3. The number of hydrogen-bond acceptors (Lipinski definition) is 9. The Bertz CT molecular complexity index is 654. The van der Waals surface area contributed by atoms with Crippen LogP contribution in [0.2, 0.25) is 0 Å². The van der Waals surface area contributed by atoms with Gasteiger partial charge in [-0.25, -0.2) is 9.99 Å². The standard InChI is InChI=1S/C13H17N5O2S3/c1-9-8-21-12(14-9)23-13-16-15-11(22-13)3-2-10(19)17-18-4-6-20-7-5-18/h8H,2-7H2,1H3,(H,17,19). The smallest absolute Gasteiger partial charge is 0.234 e. The number of rotatable bonds is 6. The molecule has 0 atom stereocenters. The number of carbonyl (C=O) groups excluding carboxylic acids is 1. The Balaban J connectivity index is 1.44. The summed E-state index contributed by atoms with van der Waals surface area (Å²) in [6, 6.07) is 0. The minimum absolute atomic E-state index is 0.00634. The minimum Gasteiger partial charge on any atom is -0.379 e. The lowest BCUT2D eigenvalue weighted by Crippen LogP contribution is -2.48. The zero-order valence-electron chi connectivity index (χ0n) is 12.7. The van der Waals surface area contributed by atoms with Gasteiger partial charge in [0, 0.05) is 37.0 Å². The van der Waals surface area contributed by atoms with Crippen LogP contribution in [0.1, 0.15) is 17.1 Å². The Morgan fingerprint density at radius 1 is 1.39 bits per heavy atom. The van der Waals surface area contributed by atoms with Gasteiger partial charge in [-0.15, -0.1) is 21.5 Å². The highest BCUT2D eigenvalue weighted by Gasteiger charge is 2.14. The molecule has 1 fully saturated rings. The molecule has 7 nitrogen and oxygen atoms in total. The second-order valence-corrected chi connectivity index (χ2v) is 8.37. The number of nitrogens with one attached hydrogen (secondary N) is 1. The van der Waals surface area contributed by atoms with Crippen LogP contribution in [0.15, 0.2) is 14.1 Å². The molecule has 0 aromatic carbocycles. The van der Waals surface area contributed by atoms with Gasteiger partial charge in [0.25, 0.3) is 0 Å². The third-order valence-electron chi connectivity index (χ3n) is 3.08. The fourth-order valence-electron chi connectivity index (χ4n) is 1.96. The molecule has 0 saturated carbocycles. The van der Waals surface area contributed by atoms with E-state index in [2.05, 4.69) is 20.6 Å². The van der Waals surface area contributed by atoms with E-state index in [0.29, 0.717) is 26.1 Å². The van der Waals surface area contributed by atoms with Gasteiger partial charge < -0.3 is 4.74 Å². The van der Waals surface area contributed by atoms with Gasteiger partial charge in [-0.1, -0.05) is 11.3 Å². The molecule has 2 aromatic heterocycles. The molecule has 3 heterocycles. The van der Waals surface area contributed by atoms with Gasteiger partial charge in [-0.05, 0) is 18.7 Å². The van der Waals surface area contributed by atoms with E-state index in [9.17, 15) is 4.79 Å². The SMILES string of the molecule is Cc1csc(Sc2nnc(CCC(=O)NN3CCOCC3)s2)n1. The summed E-state index contributed by atoms with van der Waals surface area (Å²) in [5, 5.41) is 13.1. The molecule has 0 aliphatic carbocycles. The van der Waals surface area contributed by atoms with E-state index in [0.717, 1.165) is 32.5 Å². The molecule has 1 aliphatic rings. The average molecular weight is 372 g/mol. The quantitative estimate of drug-likeness (QED) is 0.828. The lowest BCUT2D eigenvalue weighted by atomic mass is 10.3. The second kappa shape index (κ2) is 8.15. The van der Waals surface area contributed by atoms with Crippen molar-refractivity contribution in [3.63, 3.8) is 0 Å². The predicted octanol–water partition coefficient (Wildman–Crippen LogP) is 1.75. The lowest BCUT2D eigenvalue weighted by Gasteiger charge is -2.26. The summed E-state index contributed by atoms with van der Waals surface area (Å²) in [5.41, 5.74) is 3.91. The van der Waals surface area contributed by atoms with Crippen LogP contribution in [0.4, 0.5) is 0 Å². The maximum Gasteiger partial charge on any atom is 0.234 e. The number of aryl methyl sites for hydroxylation is 2. The number of aromatic nitrogens is 3. The molecule has 1 amide bonds. The third-order valence-corrected chi connectivity index (χ3v) is 6.17. The summed E-state index contributed by atoms with van der Waals surface area (Å²) >= 11 is 4.64. The molecule has 0 unspecified atom stereocenters. The van der Waals surface area contributed by atoms with E-state index in [-0.39, 0.29) is 5.91 Å². The summed E-state index contributed by atoms with van der Waals surface area (Å²) in [5.74, 6) is 0.00634. The van der Waals surface area contributed by atoms with Gasteiger partial charge in [0.1, 0.15) is 5.01 Å². The van der Waals surface area contributed by atoms with E-state index in [1.54, 1.807) is 11.3 Å². The molecule has 124 valence electrons. The number of morpholine rings is 1. The predicted molar refractivity (Wildman–Crippen MR) is 89.7 cm³/mol. The normalized spacial score (nSPS) is 15.7. The van der Waals surface area contributed by atoms with Crippen LogP contribution in [-0.2, 0) is 16.0 Å². The highest BCUT2D eigenvalue weighted by atomic mass is 32.2. The van der Waals surface area contributed by atoms with Gasteiger partial charge in [0.15, 0.2) is 8.68 Å². The minimum atomic E-state index is 0.00634. The number of hydrazine groups is 1. The van der Waals surface area contributed by atoms with Crippen LogP contribution in [0, 0.1) is 6.92 Å². The van der Waals surface area contributed by atoms with E-state index in [4.69, 9.17) is 4.74 Å². The monoisotopic (exact) mass is 371 g/mol. The number of hydrogen-bond donors (Lipinski definition) is 1. The first-order chi connectivity index (χ1) is 11.2. The van der Waals surface area contributed by atoms with E-state index < -0.39 is 0 Å². The summed E-state index contributed by atoms with van der Waals surface area (Å²) < 4.78 is 7.08. The zero-order chi connectivity index (χ0) is 16.1. The van der Waals surface area contributed by atoms with Crippen molar-refractivity contribution >= 4 is 40.3 Å². The van der Waals surface area contributed by atoms with E-state index in [1.807, 2.05) is 17.3 Å². The van der Waals surface area contributed by atoms with Crippen LogP contribution in [0.5, 0.6) is 0 Å². The van der Waals surface area contributed by atoms with Crippen LogP contribution < -0.4 is 5.43 Å². The second-order valence-electron chi connectivity index (χ2n) is 4.95. The zero-order valence-corrected chi connectivity index (χ0v) is 15.1. The molecule has 1 N–H and O–H groups in total. The molecule has 23 heavy (non-hydrogen) atoms. The molecule has 3 rings (SSSR count). The third kappa shape index (κ3) is 5.21. The molecule has 0 radical (unpaired) electrons. The van der Waals surface area contributed by atoms with E-state index >= 15 is 0 Å². The summed E-state index contributed by atoms with van der Waals surface area (Å²) in [6.45, 7) is 4.76. The van der Waals surface area contributed by atoms with Gasteiger partial charge in [-0.3, -0.25) is 10.2 Å². The fraction of sp³-hybridized carbons (Fsp3) is 0.538. The number of ether oxygens (including phenoxy) is 1. The van der Waals surface area contributed by atoms with Crippen molar-refractivity contribution in [2.45, 2.75) is 28.4 Å². The van der Waals surface area contributed by atoms with Crippen LogP contribution in [0.25, 0.3) is 0 Å². The topological polar surface area (TPSA) is 80.2 Å². The lowest BCUT2D eigenvalue weighted by molar-refractivity contribution is -0.127. The highest BCUT2D eigenvalue weighted by Crippen LogP contribution is 2.32. The Hall–Kier alpha value is -1.07. The van der Waals surface area contributed by atoms with Crippen molar-refractivity contribution in [3.05, 3.63) is 16.1 Å². The molecule has 1 aliphatic heterocycles. The largest absolute Gasteiger partial charge is 0.379 e. The maximum atomic E-state index is 11.9. The summed E-state index contributed by atoms with van der Waals surface area (Å²) in [4.78, 5) is 16.3. The molecular weight excluding hydrogens is 354 g/mol. The van der Waals surface area contributed by atoms with Gasteiger partial charge in [0.2, 0.25) is 5.91 Å². The number of nitrogens with zero attached hydrogens (tertiary/aromatic N) is 4. The highest BCUT2D eigenvalue weighted by molar-refractivity contribution is 8.02.